The van der Waals surface area contributed by atoms with E-state index in [0.717, 1.165) is 13.1 Å². The summed E-state index contributed by atoms with van der Waals surface area (Å²) in [5.41, 5.74) is 5.94. The van der Waals surface area contributed by atoms with Gasteiger partial charge in [-0.15, -0.1) is 0 Å². The molecule has 60 valence electrons. The Morgan fingerprint density at radius 1 is 0.909 bits per heavy atom. The van der Waals surface area contributed by atoms with Crippen LogP contribution in [0.5, 0.6) is 0 Å². The Hall–Kier alpha value is -0.930. The van der Waals surface area contributed by atoms with Crippen LogP contribution in [-0.2, 0) is 0 Å². The summed E-state index contributed by atoms with van der Waals surface area (Å²) < 4.78 is 0. The maximum Gasteiger partial charge on any atom is 0.0267 e. The zero-order valence-corrected chi connectivity index (χ0v) is 6.46. The molecule has 0 radical (unpaired) electrons. The van der Waals surface area contributed by atoms with Crippen LogP contribution < -0.4 is 10.9 Å². The Labute approximate surface area is 66.8 Å². The highest BCUT2D eigenvalue weighted by Gasteiger charge is 1.91. The van der Waals surface area contributed by atoms with Crippen LogP contribution in [0.4, 0.5) is 0 Å². The first-order valence-electron chi connectivity index (χ1n) is 3.81. The highest BCUT2D eigenvalue weighted by molar-refractivity contribution is 4.88. The lowest BCUT2D eigenvalue weighted by Crippen LogP contribution is -2.21. The Balaban J connectivity index is 0.000000112. The molecule has 3 nitrogen and oxygen atoms in total. The molecule has 1 aromatic rings. The van der Waals surface area contributed by atoms with Crippen molar-refractivity contribution in [3.8, 4) is 0 Å². The zero-order chi connectivity index (χ0) is 7.78. The van der Waals surface area contributed by atoms with Crippen LogP contribution >= 0.6 is 0 Å². The van der Waals surface area contributed by atoms with Crippen LogP contribution in [0.1, 0.15) is 6.42 Å². The SMILES string of the molecule is C1CNNC1.c1ccncc1. The van der Waals surface area contributed by atoms with Gasteiger partial charge >= 0.3 is 0 Å². The van der Waals surface area contributed by atoms with E-state index < -0.39 is 0 Å². The minimum Gasteiger partial charge on any atom is -0.265 e. The smallest absolute Gasteiger partial charge is 0.0267 e. The molecule has 0 saturated carbocycles. The molecular formula is C8H13N3. The van der Waals surface area contributed by atoms with Gasteiger partial charge in [0.15, 0.2) is 0 Å². The summed E-state index contributed by atoms with van der Waals surface area (Å²) in [4.78, 5) is 3.78. The average Bonchev–Trinajstić information content (AvgIpc) is 2.64. The second-order valence-corrected chi connectivity index (χ2v) is 2.23. The minimum absolute atomic E-state index is 1.14. The van der Waals surface area contributed by atoms with E-state index in [0.29, 0.717) is 0 Å². The molecule has 1 aliphatic rings. The first-order valence-corrected chi connectivity index (χ1v) is 3.81. The highest BCUT2D eigenvalue weighted by atomic mass is 15.4. The van der Waals surface area contributed by atoms with Crippen molar-refractivity contribution in [2.45, 2.75) is 6.42 Å². The summed E-state index contributed by atoms with van der Waals surface area (Å²) in [7, 11) is 0. The topological polar surface area (TPSA) is 37.0 Å². The predicted octanol–water partition coefficient (Wildman–Crippen LogP) is 0.566. The highest BCUT2D eigenvalue weighted by Crippen LogP contribution is 1.74. The van der Waals surface area contributed by atoms with Crippen LogP contribution in [0.2, 0.25) is 0 Å². The molecule has 0 bridgehead atoms. The zero-order valence-electron chi connectivity index (χ0n) is 6.46. The van der Waals surface area contributed by atoms with Gasteiger partial charge in [-0.3, -0.25) is 15.8 Å². The molecule has 0 atom stereocenters. The van der Waals surface area contributed by atoms with E-state index in [1.807, 2.05) is 18.2 Å². The number of hydrogen-bond acceptors (Lipinski definition) is 3. The monoisotopic (exact) mass is 151 g/mol. The van der Waals surface area contributed by atoms with Crippen LogP contribution in [0.25, 0.3) is 0 Å². The lowest BCUT2D eigenvalue weighted by Gasteiger charge is -1.81. The van der Waals surface area contributed by atoms with Crippen LogP contribution in [-0.4, -0.2) is 18.1 Å². The fourth-order valence-electron chi connectivity index (χ4n) is 0.755. The summed E-state index contributed by atoms with van der Waals surface area (Å²) in [5, 5.41) is 0. The van der Waals surface area contributed by atoms with E-state index in [9.17, 15) is 0 Å². The van der Waals surface area contributed by atoms with Gasteiger partial charge in [0.05, 0.1) is 0 Å². The maximum atomic E-state index is 3.78. The van der Waals surface area contributed by atoms with Crippen molar-refractivity contribution >= 4 is 0 Å². The third kappa shape index (κ3) is 4.47. The van der Waals surface area contributed by atoms with Gasteiger partial charge in [0.1, 0.15) is 0 Å². The first-order chi connectivity index (χ1) is 5.50. The Morgan fingerprint density at radius 3 is 1.73 bits per heavy atom. The first kappa shape index (κ1) is 8.17. The van der Waals surface area contributed by atoms with Crippen molar-refractivity contribution in [3.63, 3.8) is 0 Å². The summed E-state index contributed by atoms with van der Waals surface area (Å²) in [6.45, 7) is 2.28. The van der Waals surface area contributed by atoms with Gasteiger partial charge in [-0.2, -0.15) is 0 Å². The third-order valence-corrected chi connectivity index (χ3v) is 1.30. The second kappa shape index (κ2) is 5.82. The summed E-state index contributed by atoms with van der Waals surface area (Å²) in [6.07, 6.45) is 4.78. The van der Waals surface area contributed by atoms with E-state index >= 15 is 0 Å². The average molecular weight is 151 g/mol. The fraction of sp³-hybridized carbons (Fsp3) is 0.375. The predicted molar refractivity (Wildman–Crippen MR) is 44.9 cm³/mol. The van der Waals surface area contributed by atoms with Crippen molar-refractivity contribution in [2.24, 2.45) is 0 Å². The quantitative estimate of drug-likeness (QED) is 0.569. The van der Waals surface area contributed by atoms with Crippen molar-refractivity contribution in [1.29, 1.82) is 0 Å². The van der Waals surface area contributed by atoms with Crippen molar-refractivity contribution in [1.82, 2.24) is 15.8 Å². The molecule has 2 N–H and O–H groups in total. The lowest BCUT2D eigenvalue weighted by atomic mass is 10.5. The molecule has 0 aliphatic carbocycles. The van der Waals surface area contributed by atoms with Gasteiger partial charge in [0.2, 0.25) is 0 Å². The van der Waals surface area contributed by atoms with Crippen molar-refractivity contribution < 1.29 is 0 Å². The largest absolute Gasteiger partial charge is 0.265 e. The van der Waals surface area contributed by atoms with Crippen LogP contribution in [0.3, 0.4) is 0 Å². The van der Waals surface area contributed by atoms with Gasteiger partial charge in [-0.05, 0) is 18.6 Å². The number of hydrogen-bond donors (Lipinski definition) is 2. The molecule has 11 heavy (non-hydrogen) atoms. The Bertz CT molecular complexity index is 126. The Morgan fingerprint density at radius 2 is 1.55 bits per heavy atom. The van der Waals surface area contributed by atoms with Gasteiger partial charge < -0.3 is 0 Å². The molecule has 0 unspecified atom stereocenters. The standard InChI is InChI=1S/C5H5N.C3H8N2/c1-2-4-6-5-3-1;1-2-4-5-3-1/h1-5H;4-5H,1-3H2. The molecular weight excluding hydrogens is 138 g/mol. The summed E-state index contributed by atoms with van der Waals surface area (Å²) >= 11 is 0. The molecule has 0 amide bonds. The lowest BCUT2D eigenvalue weighted by molar-refractivity contribution is 0.689. The van der Waals surface area contributed by atoms with Crippen LogP contribution in [0.15, 0.2) is 30.6 Å². The summed E-state index contributed by atoms with van der Waals surface area (Å²) in [6, 6.07) is 5.72. The number of aromatic nitrogens is 1. The van der Waals surface area contributed by atoms with E-state index in [1.54, 1.807) is 12.4 Å². The van der Waals surface area contributed by atoms with Gasteiger partial charge in [-0.25, -0.2) is 0 Å². The fourth-order valence-corrected chi connectivity index (χ4v) is 0.755. The number of rotatable bonds is 0. The molecule has 0 aromatic carbocycles. The van der Waals surface area contributed by atoms with Gasteiger partial charge in [0, 0.05) is 25.5 Å². The van der Waals surface area contributed by atoms with Crippen molar-refractivity contribution in [2.75, 3.05) is 13.1 Å². The molecule has 1 aromatic heterocycles. The molecule has 1 fully saturated rings. The molecule has 3 heteroatoms. The van der Waals surface area contributed by atoms with E-state index in [2.05, 4.69) is 15.8 Å². The number of nitrogens with zero attached hydrogens (tertiary/aromatic N) is 1. The van der Waals surface area contributed by atoms with Crippen LogP contribution in [0, 0.1) is 0 Å². The third-order valence-electron chi connectivity index (χ3n) is 1.30. The molecule has 2 heterocycles. The Kier molecular flexibility index (Phi) is 4.33. The molecule has 2 rings (SSSR count). The van der Waals surface area contributed by atoms with Crippen molar-refractivity contribution in [3.05, 3.63) is 30.6 Å². The van der Waals surface area contributed by atoms with E-state index in [-0.39, 0.29) is 0 Å². The normalized spacial score (nSPS) is 15.3. The maximum absolute atomic E-state index is 3.78. The van der Waals surface area contributed by atoms with E-state index in [4.69, 9.17) is 0 Å². The summed E-state index contributed by atoms with van der Waals surface area (Å²) in [5.74, 6) is 0. The van der Waals surface area contributed by atoms with E-state index in [1.165, 1.54) is 6.42 Å². The molecule has 1 saturated heterocycles. The number of pyridine rings is 1. The van der Waals surface area contributed by atoms with Gasteiger partial charge in [0.25, 0.3) is 0 Å². The molecule has 1 aliphatic heterocycles. The number of nitrogens with one attached hydrogen (secondary N) is 2. The minimum atomic E-state index is 1.14. The number of hydrazine groups is 1. The van der Waals surface area contributed by atoms with Gasteiger partial charge in [-0.1, -0.05) is 6.07 Å². The molecule has 0 spiro atoms. The second-order valence-electron chi connectivity index (χ2n) is 2.23.